The predicted molar refractivity (Wildman–Crippen MR) is 88.6 cm³/mol. The molecule has 1 N–H and O–H groups in total. The van der Waals surface area contributed by atoms with Crippen LogP contribution in [0.5, 0.6) is 0 Å². The Bertz CT molecular complexity index is 1000. The highest BCUT2D eigenvalue weighted by Crippen LogP contribution is 2.33. The van der Waals surface area contributed by atoms with Crippen molar-refractivity contribution < 1.29 is 12.8 Å². The van der Waals surface area contributed by atoms with Gasteiger partial charge in [-0.25, -0.2) is 17.8 Å². The van der Waals surface area contributed by atoms with Crippen LogP contribution in [0.3, 0.4) is 0 Å². The number of hydrogen-bond acceptors (Lipinski definition) is 3. The molecule has 2 aromatic heterocycles. The summed E-state index contributed by atoms with van der Waals surface area (Å²) in [7, 11) is -3.60. The molecule has 1 saturated heterocycles. The van der Waals surface area contributed by atoms with E-state index in [-0.39, 0.29) is 16.6 Å². The summed E-state index contributed by atoms with van der Waals surface area (Å²) in [5.41, 5.74) is 1.39. The van der Waals surface area contributed by atoms with Gasteiger partial charge in [0.05, 0.1) is 0 Å². The highest BCUT2D eigenvalue weighted by atomic mass is 32.2. The van der Waals surface area contributed by atoms with Gasteiger partial charge in [-0.05, 0) is 42.2 Å². The van der Waals surface area contributed by atoms with Crippen LogP contribution in [-0.4, -0.2) is 35.8 Å². The van der Waals surface area contributed by atoms with Gasteiger partial charge in [0.1, 0.15) is 16.4 Å². The van der Waals surface area contributed by atoms with Crippen LogP contribution in [0, 0.1) is 5.82 Å². The van der Waals surface area contributed by atoms with E-state index in [0.717, 1.165) is 5.56 Å². The Labute approximate surface area is 139 Å². The highest BCUT2D eigenvalue weighted by Gasteiger charge is 2.34. The fourth-order valence-electron chi connectivity index (χ4n) is 3.26. The number of nitrogens with one attached hydrogen (secondary N) is 1. The van der Waals surface area contributed by atoms with Crippen molar-refractivity contribution in [3.8, 4) is 0 Å². The summed E-state index contributed by atoms with van der Waals surface area (Å²) in [4.78, 5) is 7.28. The first-order valence-electron chi connectivity index (χ1n) is 7.73. The summed E-state index contributed by atoms with van der Waals surface area (Å²) in [6.45, 7) is 0.787. The van der Waals surface area contributed by atoms with Gasteiger partial charge in [0, 0.05) is 30.9 Å². The van der Waals surface area contributed by atoms with Crippen LogP contribution in [0.1, 0.15) is 17.9 Å². The minimum Gasteiger partial charge on any atom is -0.345 e. The number of nitrogens with zero attached hydrogens (tertiary/aromatic N) is 2. The van der Waals surface area contributed by atoms with E-state index >= 15 is 0 Å². The van der Waals surface area contributed by atoms with E-state index in [2.05, 4.69) is 9.97 Å². The molecule has 0 unspecified atom stereocenters. The number of benzene rings is 1. The largest absolute Gasteiger partial charge is 0.345 e. The number of aromatic amines is 1. The van der Waals surface area contributed by atoms with E-state index < -0.39 is 10.0 Å². The molecular weight excluding hydrogens is 329 g/mol. The summed E-state index contributed by atoms with van der Waals surface area (Å²) >= 11 is 0. The van der Waals surface area contributed by atoms with Crippen molar-refractivity contribution in [3.63, 3.8) is 0 Å². The Morgan fingerprint density at radius 1 is 1.25 bits per heavy atom. The molecule has 5 nitrogen and oxygen atoms in total. The topological polar surface area (TPSA) is 66.1 Å². The lowest BCUT2D eigenvalue weighted by Gasteiger charge is -2.16. The molecule has 0 aliphatic carbocycles. The van der Waals surface area contributed by atoms with Gasteiger partial charge in [-0.2, -0.15) is 4.31 Å². The monoisotopic (exact) mass is 345 g/mol. The highest BCUT2D eigenvalue weighted by molar-refractivity contribution is 7.89. The van der Waals surface area contributed by atoms with Crippen LogP contribution < -0.4 is 0 Å². The van der Waals surface area contributed by atoms with Gasteiger partial charge in [-0.15, -0.1) is 0 Å². The molecule has 1 fully saturated rings. The van der Waals surface area contributed by atoms with Gasteiger partial charge in [-0.1, -0.05) is 12.1 Å². The molecule has 0 radical (unpaired) electrons. The zero-order valence-corrected chi connectivity index (χ0v) is 13.6. The van der Waals surface area contributed by atoms with E-state index in [4.69, 9.17) is 0 Å². The van der Waals surface area contributed by atoms with Crippen LogP contribution in [-0.2, 0) is 10.0 Å². The van der Waals surface area contributed by atoms with Gasteiger partial charge in [0.2, 0.25) is 10.0 Å². The molecule has 24 heavy (non-hydrogen) atoms. The third-order valence-corrected chi connectivity index (χ3v) is 6.41. The lowest BCUT2D eigenvalue weighted by Crippen LogP contribution is -2.28. The van der Waals surface area contributed by atoms with E-state index in [0.29, 0.717) is 30.5 Å². The molecule has 1 aromatic carbocycles. The summed E-state index contributed by atoms with van der Waals surface area (Å²) in [5, 5.41) is 0.590. The molecule has 3 aromatic rings. The molecule has 0 saturated carbocycles. The van der Waals surface area contributed by atoms with E-state index in [1.165, 1.54) is 22.6 Å². The van der Waals surface area contributed by atoms with Crippen molar-refractivity contribution in [3.05, 3.63) is 60.2 Å². The molecule has 1 aliphatic heterocycles. The van der Waals surface area contributed by atoms with Gasteiger partial charge < -0.3 is 4.98 Å². The van der Waals surface area contributed by atoms with Crippen molar-refractivity contribution in [2.24, 2.45) is 0 Å². The Morgan fingerprint density at radius 2 is 2.12 bits per heavy atom. The van der Waals surface area contributed by atoms with Gasteiger partial charge in [0.15, 0.2) is 0 Å². The summed E-state index contributed by atoms with van der Waals surface area (Å²) in [6.07, 6.45) is 3.79. The second-order valence-corrected chi connectivity index (χ2v) is 7.86. The number of H-pyrrole nitrogens is 1. The first-order valence-corrected chi connectivity index (χ1v) is 9.17. The molecule has 1 atom stereocenters. The first kappa shape index (κ1) is 15.3. The quantitative estimate of drug-likeness (QED) is 0.794. The van der Waals surface area contributed by atoms with E-state index in [1.807, 2.05) is 6.07 Å². The zero-order valence-electron chi connectivity index (χ0n) is 12.8. The maximum absolute atomic E-state index is 13.4. The third kappa shape index (κ3) is 2.50. The molecule has 1 aliphatic rings. The third-order valence-electron chi connectivity index (χ3n) is 4.50. The van der Waals surface area contributed by atoms with Crippen LogP contribution in [0.2, 0.25) is 0 Å². The molecule has 4 rings (SSSR count). The van der Waals surface area contributed by atoms with Gasteiger partial charge >= 0.3 is 0 Å². The van der Waals surface area contributed by atoms with E-state index in [9.17, 15) is 12.8 Å². The molecule has 7 heteroatoms. The minimum atomic E-state index is -3.60. The molecule has 0 amide bonds. The van der Waals surface area contributed by atoms with Crippen LogP contribution >= 0.6 is 0 Å². The van der Waals surface area contributed by atoms with E-state index in [1.54, 1.807) is 24.4 Å². The number of sulfonamides is 1. The molecule has 3 heterocycles. The second-order valence-electron chi connectivity index (χ2n) is 5.96. The molecule has 0 spiro atoms. The standard InChI is InChI=1S/C17H16FN3O2S/c18-14-4-1-3-12(9-14)13-6-8-21(11-13)24(22,23)16-10-20-17-15(16)5-2-7-19-17/h1-5,7,9-10,13H,6,8,11H2,(H,19,20)/t13-/m0/s1. The van der Waals surface area contributed by atoms with Crippen LogP contribution in [0.4, 0.5) is 4.39 Å². The van der Waals surface area contributed by atoms with Gasteiger partial charge in [0.25, 0.3) is 0 Å². The molecule has 124 valence electrons. The number of hydrogen-bond donors (Lipinski definition) is 1. The SMILES string of the molecule is O=S(=O)(c1c[nH]c2ncccc12)N1CC[C@H](c2cccc(F)c2)C1. The number of halogens is 1. The molecular formula is C17H16FN3O2S. The normalized spacial score (nSPS) is 19.1. The van der Waals surface area contributed by atoms with Crippen LogP contribution in [0.15, 0.2) is 53.7 Å². The van der Waals surface area contributed by atoms with Crippen molar-refractivity contribution in [2.45, 2.75) is 17.2 Å². The van der Waals surface area contributed by atoms with Crippen LogP contribution in [0.25, 0.3) is 11.0 Å². The van der Waals surface area contributed by atoms with Crippen molar-refractivity contribution in [1.82, 2.24) is 14.3 Å². The fourth-order valence-corrected chi connectivity index (χ4v) is 4.91. The maximum atomic E-state index is 13.4. The Hall–Kier alpha value is -2.25. The predicted octanol–water partition coefficient (Wildman–Crippen LogP) is 2.88. The van der Waals surface area contributed by atoms with Crippen molar-refractivity contribution in [2.75, 3.05) is 13.1 Å². The summed E-state index contributed by atoms with van der Waals surface area (Å²) < 4.78 is 40.8. The van der Waals surface area contributed by atoms with Gasteiger partial charge in [-0.3, -0.25) is 0 Å². The summed E-state index contributed by atoms with van der Waals surface area (Å²) in [5.74, 6) is -0.282. The average Bonchev–Trinajstić information content (AvgIpc) is 3.23. The first-order chi connectivity index (χ1) is 11.6. The maximum Gasteiger partial charge on any atom is 0.245 e. The lowest BCUT2D eigenvalue weighted by atomic mass is 9.99. The lowest BCUT2D eigenvalue weighted by molar-refractivity contribution is 0.473. The second kappa shape index (κ2) is 5.68. The molecule has 0 bridgehead atoms. The zero-order chi connectivity index (χ0) is 16.7. The number of rotatable bonds is 3. The number of pyridine rings is 1. The Kier molecular flexibility index (Phi) is 3.62. The van der Waals surface area contributed by atoms with Crippen molar-refractivity contribution in [1.29, 1.82) is 0 Å². The smallest absolute Gasteiger partial charge is 0.245 e. The van der Waals surface area contributed by atoms with Crippen molar-refractivity contribution >= 4 is 21.1 Å². The fraction of sp³-hybridized carbons (Fsp3) is 0.235. The average molecular weight is 345 g/mol. The Balaban J connectivity index is 1.64. The number of fused-ring (bicyclic) bond motifs is 1. The minimum absolute atomic E-state index is 0.0128. The Morgan fingerprint density at radius 3 is 2.96 bits per heavy atom. The number of aromatic nitrogens is 2. The summed E-state index contributed by atoms with van der Waals surface area (Å²) in [6, 6.07) is 9.84.